The first-order valence-electron chi connectivity index (χ1n) is 16.4. The maximum atomic E-state index is 12.6. The molecule has 0 heterocycles. The van der Waals surface area contributed by atoms with Crippen LogP contribution in [0.3, 0.4) is 0 Å². The van der Waals surface area contributed by atoms with Crippen molar-refractivity contribution in [2.45, 2.75) is 155 Å². The molecule has 222 valence electrons. The summed E-state index contributed by atoms with van der Waals surface area (Å²) in [5.41, 5.74) is -1.78. The molecular formula is C34H56O5. The lowest BCUT2D eigenvalue weighted by molar-refractivity contribution is -0.225. The minimum absolute atomic E-state index is 0.0314. The molecule has 5 nitrogen and oxygen atoms in total. The van der Waals surface area contributed by atoms with Gasteiger partial charge in [-0.1, -0.05) is 27.2 Å². The lowest BCUT2D eigenvalue weighted by Gasteiger charge is -2.59. The topological polar surface area (TPSA) is 72.8 Å². The third-order valence-electron chi connectivity index (χ3n) is 12.6. The van der Waals surface area contributed by atoms with E-state index >= 15 is 0 Å². The van der Waals surface area contributed by atoms with Crippen LogP contribution in [0.25, 0.3) is 0 Å². The van der Waals surface area contributed by atoms with Crippen LogP contribution < -0.4 is 0 Å². The van der Waals surface area contributed by atoms with Gasteiger partial charge in [-0.25, -0.2) is 0 Å². The Bertz CT molecular complexity index is 937. The number of fused-ring (bicyclic) bond motifs is 5. The summed E-state index contributed by atoms with van der Waals surface area (Å²) in [6, 6.07) is 0. The van der Waals surface area contributed by atoms with E-state index < -0.39 is 11.0 Å². The first kappa shape index (κ1) is 29.4. The van der Waals surface area contributed by atoms with Crippen molar-refractivity contribution < 1.29 is 24.2 Å². The average molecular weight is 545 g/mol. The average Bonchev–Trinajstić information content (AvgIpc) is 3.55. The molecule has 1 N–H and O–H groups in total. The summed E-state index contributed by atoms with van der Waals surface area (Å²) >= 11 is 0. The van der Waals surface area contributed by atoms with Crippen molar-refractivity contribution in [2.24, 2.45) is 46.3 Å². The van der Waals surface area contributed by atoms with Crippen molar-refractivity contribution in [3.63, 3.8) is 0 Å². The number of esters is 2. The van der Waals surface area contributed by atoms with Gasteiger partial charge in [0.25, 0.3) is 0 Å². The zero-order valence-electron chi connectivity index (χ0n) is 25.9. The van der Waals surface area contributed by atoms with Gasteiger partial charge in [-0.2, -0.15) is 0 Å². The van der Waals surface area contributed by atoms with E-state index in [1.807, 2.05) is 34.6 Å². The minimum atomic E-state index is -0.555. The van der Waals surface area contributed by atoms with Crippen molar-refractivity contribution in [1.29, 1.82) is 0 Å². The fourth-order valence-corrected chi connectivity index (χ4v) is 10.0. The molecule has 7 aliphatic carbocycles. The van der Waals surface area contributed by atoms with Crippen molar-refractivity contribution in [3.05, 3.63) is 0 Å². The van der Waals surface area contributed by atoms with Crippen LogP contribution in [0.1, 0.15) is 138 Å². The standard InChI is InChI=1S/C18H30O2.C16H26O3/c1-5-17(3,4)16(19)20-18(6-2)11-12-10-15(18)14-9-7-8-13(12)14;1-4-14(2,3)13(17)19-16-8-11-5-12(9-16)7-15(18,6-11)10-16/h12-15H,5-11H2,1-4H3;11-12,18H,4-10H2,1-3H3. The monoisotopic (exact) mass is 544 g/mol. The van der Waals surface area contributed by atoms with Crippen molar-refractivity contribution in [1.82, 2.24) is 0 Å². The van der Waals surface area contributed by atoms with Gasteiger partial charge in [0.1, 0.15) is 11.2 Å². The van der Waals surface area contributed by atoms with Crippen molar-refractivity contribution in [3.8, 4) is 0 Å². The molecule has 0 aromatic heterocycles. The van der Waals surface area contributed by atoms with E-state index in [0.717, 1.165) is 69.1 Å². The van der Waals surface area contributed by atoms with Gasteiger partial charge in [-0.3, -0.25) is 9.59 Å². The third kappa shape index (κ3) is 5.21. The Morgan fingerprint density at radius 2 is 1.36 bits per heavy atom. The van der Waals surface area contributed by atoms with Gasteiger partial charge >= 0.3 is 11.9 Å². The highest BCUT2D eigenvalue weighted by atomic mass is 16.6. The number of rotatable bonds is 7. The van der Waals surface area contributed by atoms with Crippen LogP contribution in [0.2, 0.25) is 0 Å². The minimum Gasteiger partial charge on any atom is -0.459 e. The maximum Gasteiger partial charge on any atom is 0.312 e. The molecule has 0 saturated heterocycles. The summed E-state index contributed by atoms with van der Waals surface area (Å²) in [7, 11) is 0. The first-order chi connectivity index (χ1) is 18.2. The van der Waals surface area contributed by atoms with Gasteiger partial charge in [0.05, 0.1) is 16.4 Å². The zero-order valence-corrected chi connectivity index (χ0v) is 25.9. The van der Waals surface area contributed by atoms with Crippen LogP contribution in [0.5, 0.6) is 0 Å². The van der Waals surface area contributed by atoms with E-state index in [1.165, 1.54) is 32.1 Å². The summed E-state index contributed by atoms with van der Waals surface area (Å²) in [6.07, 6.45) is 15.0. The van der Waals surface area contributed by atoms with Crippen LogP contribution in [-0.2, 0) is 19.1 Å². The molecule has 7 saturated carbocycles. The lowest BCUT2D eigenvalue weighted by atomic mass is 9.52. The van der Waals surface area contributed by atoms with Gasteiger partial charge < -0.3 is 14.6 Å². The number of ether oxygens (including phenoxy) is 2. The number of hydrogen-bond acceptors (Lipinski definition) is 5. The van der Waals surface area contributed by atoms with E-state index in [9.17, 15) is 14.7 Å². The largest absolute Gasteiger partial charge is 0.459 e. The number of aliphatic hydroxyl groups is 1. The molecule has 0 aliphatic heterocycles. The van der Waals surface area contributed by atoms with Gasteiger partial charge in [0.15, 0.2) is 0 Å². The van der Waals surface area contributed by atoms with Gasteiger partial charge in [0.2, 0.25) is 0 Å². The molecule has 6 bridgehead atoms. The van der Waals surface area contributed by atoms with E-state index in [2.05, 4.69) is 13.8 Å². The van der Waals surface area contributed by atoms with E-state index in [1.54, 1.807) is 0 Å². The number of carbonyl (C=O) groups is 2. The fraction of sp³-hybridized carbons (Fsp3) is 0.941. The molecule has 0 radical (unpaired) electrons. The molecule has 7 unspecified atom stereocenters. The molecule has 5 heteroatoms. The first-order valence-corrected chi connectivity index (χ1v) is 16.4. The SMILES string of the molecule is CCC(C)(C)C(=O)OC1(CC)CC2CC1C1CCCC21.CCC(C)(C)C(=O)OC12CC3CC(CC(O)(C3)C1)C2. The molecule has 7 fully saturated rings. The van der Waals surface area contributed by atoms with Gasteiger partial charge in [-0.15, -0.1) is 0 Å². The summed E-state index contributed by atoms with van der Waals surface area (Å²) in [5, 5.41) is 10.6. The Hall–Kier alpha value is -1.10. The smallest absolute Gasteiger partial charge is 0.312 e. The second kappa shape index (κ2) is 10.0. The van der Waals surface area contributed by atoms with E-state index in [4.69, 9.17) is 9.47 Å². The highest BCUT2D eigenvalue weighted by Crippen LogP contribution is 2.64. The zero-order chi connectivity index (χ0) is 28.4. The predicted molar refractivity (Wildman–Crippen MR) is 153 cm³/mol. The molecule has 0 aromatic rings. The van der Waals surface area contributed by atoms with E-state index in [-0.39, 0.29) is 28.6 Å². The summed E-state index contributed by atoms with van der Waals surface area (Å²) in [4.78, 5) is 24.9. The van der Waals surface area contributed by atoms with Crippen LogP contribution >= 0.6 is 0 Å². The van der Waals surface area contributed by atoms with Crippen molar-refractivity contribution >= 4 is 11.9 Å². The Morgan fingerprint density at radius 1 is 0.795 bits per heavy atom. The second-order valence-electron chi connectivity index (χ2n) is 16.1. The summed E-state index contributed by atoms with van der Waals surface area (Å²) in [6.45, 7) is 14.3. The number of hydrogen-bond donors (Lipinski definition) is 1. The van der Waals surface area contributed by atoms with Crippen LogP contribution in [0.15, 0.2) is 0 Å². The summed E-state index contributed by atoms with van der Waals surface area (Å²) < 4.78 is 12.2. The number of carbonyl (C=O) groups excluding carboxylic acids is 2. The molecule has 7 atom stereocenters. The normalized spacial score (nSPS) is 43.6. The quantitative estimate of drug-likeness (QED) is 0.334. The Morgan fingerprint density at radius 3 is 1.90 bits per heavy atom. The van der Waals surface area contributed by atoms with Crippen LogP contribution in [-0.4, -0.2) is 33.8 Å². The second-order valence-corrected chi connectivity index (χ2v) is 16.1. The van der Waals surface area contributed by atoms with Gasteiger partial charge in [0, 0.05) is 12.3 Å². The molecule has 0 amide bonds. The van der Waals surface area contributed by atoms with Crippen LogP contribution in [0, 0.1) is 46.3 Å². The Labute approximate surface area is 237 Å². The molecular weight excluding hydrogens is 488 g/mol. The van der Waals surface area contributed by atoms with Gasteiger partial charge in [-0.05, 0) is 134 Å². The maximum absolute atomic E-state index is 12.6. The predicted octanol–water partition coefficient (Wildman–Crippen LogP) is 7.62. The molecule has 7 rings (SSSR count). The highest BCUT2D eigenvalue weighted by molar-refractivity contribution is 5.76. The Balaban J connectivity index is 0.000000158. The fourth-order valence-electron chi connectivity index (χ4n) is 10.0. The highest BCUT2D eigenvalue weighted by Gasteiger charge is 2.62. The van der Waals surface area contributed by atoms with Crippen LogP contribution in [0.4, 0.5) is 0 Å². The molecule has 0 spiro atoms. The third-order valence-corrected chi connectivity index (χ3v) is 12.6. The lowest BCUT2D eigenvalue weighted by Crippen LogP contribution is -2.61. The summed E-state index contributed by atoms with van der Waals surface area (Å²) in [5.74, 6) is 4.37. The van der Waals surface area contributed by atoms with Crippen molar-refractivity contribution in [2.75, 3.05) is 0 Å². The Kier molecular flexibility index (Phi) is 7.55. The molecule has 7 aliphatic rings. The van der Waals surface area contributed by atoms with E-state index in [0.29, 0.717) is 24.2 Å². The molecule has 39 heavy (non-hydrogen) atoms. The molecule has 0 aromatic carbocycles.